The zero-order valence-electron chi connectivity index (χ0n) is 4.55. The van der Waals surface area contributed by atoms with Crippen molar-refractivity contribution in [1.29, 1.82) is 0 Å². The molecule has 0 aliphatic rings. The molecule has 0 aliphatic heterocycles. The first-order valence-electron chi connectivity index (χ1n) is 2.04. The summed E-state index contributed by atoms with van der Waals surface area (Å²) in [5.74, 6) is 0. The molecule has 2 N–H and O–H groups in total. The number of nitrogens with two attached hydrogens (primary N) is 1. The highest BCUT2D eigenvalue weighted by atomic mass is 16.2. The summed E-state index contributed by atoms with van der Waals surface area (Å²) in [7, 11) is 1.42. The summed E-state index contributed by atoms with van der Waals surface area (Å²) in [6.07, 6.45) is 1.52. The number of primary amides is 1. The van der Waals surface area contributed by atoms with Gasteiger partial charge in [0.1, 0.15) is 0 Å². The minimum Gasteiger partial charge on any atom is -0.351 e. The van der Waals surface area contributed by atoms with Gasteiger partial charge in [0.2, 0.25) is 6.29 Å². The third kappa shape index (κ3) is 2.17. The molecule has 0 aromatic rings. The molecule has 1 radical (unpaired) electrons. The van der Waals surface area contributed by atoms with Gasteiger partial charge >= 0.3 is 6.03 Å². The van der Waals surface area contributed by atoms with Gasteiger partial charge in [0.15, 0.2) is 0 Å². The lowest BCUT2D eigenvalue weighted by molar-refractivity contribution is 0.223. The summed E-state index contributed by atoms with van der Waals surface area (Å²) in [6, 6.07) is -0.617. The Hall–Kier alpha value is -1.06. The first kappa shape index (κ1) is 6.94. The number of carbonyl (C=O) groups is 1. The molecule has 0 aromatic carbocycles. The van der Waals surface area contributed by atoms with Crippen LogP contribution in [0.5, 0.6) is 0 Å². The predicted molar refractivity (Wildman–Crippen MR) is 27.9 cm³/mol. The summed E-state index contributed by atoms with van der Waals surface area (Å²) in [5, 5.41) is 0. The van der Waals surface area contributed by atoms with Crippen molar-refractivity contribution >= 4 is 12.3 Å². The summed E-state index contributed by atoms with van der Waals surface area (Å²) in [4.78, 5) is 20.7. The Labute approximate surface area is 47.3 Å². The molecule has 4 heteroatoms. The molecule has 2 amide bonds. The van der Waals surface area contributed by atoms with Crippen LogP contribution in [-0.4, -0.2) is 30.8 Å². The normalized spacial score (nSPS) is 8.12. The van der Waals surface area contributed by atoms with Crippen LogP contribution in [0.25, 0.3) is 0 Å². The Balaban J connectivity index is 3.46. The molecule has 4 nitrogen and oxygen atoms in total. The highest BCUT2D eigenvalue weighted by Gasteiger charge is 1.98. The van der Waals surface area contributed by atoms with Crippen molar-refractivity contribution in [3.63, 3.8) is 0 Å². The van der Waals surface area contributed by atoms with E-state index in [1.54, 1.807) is 0 Å². The maximum Gasteiger partial charge on any atom is 0.314 e. The number of amides is 2. The van der Waals surface area contributed by atoms with E-state index in [1.807, 2.05) is 0 Å². The molecule has 0 saturated carbocycles. The fraction of sp³-hybridized carbons (Fsp3) is 0.500. The second kappa shape index (κ2) is 3.01. The SMILES string of the molecule is CN(C[C]=O)C(N)=O. The van der Waals surface area contributed by atoms with Crippen LogP contribution in [0.3, 0.4) is 0 Å². The molecular formula is C4H7N2O2. The first-order chi connectivity index (χ1) is 3.68. The summed E-state index contributed by atoms with van der Waals surface area (Å²) < 4.78 is 0. The van der Waals surface area contributed by atoms with Gasteiger partial charge in [-0.05, 0) is 0 Å². The van der Waals surface area contributed by atoms with Crippen LogP contribution in [0.4, 0.5) is 4.79 Å². The van der Waals surface area contributed by atoms with Crippen molar-refractivity contribution in [3.05, 3.63) is 0 Å². The summed E-state index contributed by atoms with van der Waals surface area (Å²) in [6.45, 7) is -0.0602. The Morgan fingerprint density at radius 3 is 2.50 bits per heavy atom. The molecular weight excluding hydrogens is 108 g/mol. The lowest BCUT2D eigenvalue weighted by Gasteiger charge is -2.06. The van der Waals surface area contributed by atoms with Gasteiger partial charge < -0.3 is 10.6 Å². The van der Waals surface area contributed by atoms with Gasteiger partial charge in [0.25, 0.3) is 0 Å². The molecule has 0 unspecified atom stereocenters. The summed E-state index contributed by atoms with van der Waals surface area (Å²) in [5.41, 5.74) is 4.73. The average Bonchev–Trinajstić information content (AvgIpc) is 1.67. The Bertz CT molecular complexity index is 102. The molecule has 0 rings (SSSR count). The molecule has 0 aromatic heterocycles. The molecule has 8 heavy (non-hydrogen) atoms. The van der Waals surface area contributed by atoms with Gasteiger partial charge in [-0.1, -0.05) is 0 Å². The van der Waals surface area contributed by atoms with Gasteiger partial charge in [-0.15, -0.1) is 0 Å². The van der Waals surface area contributed by atoms with E-state index in [1.165, 1.54) is 13.3 Å². The van der Waals surface area contributed by atoms with Gasteiger partial charge in [-0.3, -0.25) is 4.79 Å². The predicted octanol–water partition coefficient (Wildman–Crippen LogP) is -0.893. The second-order valence-corrected chi connectivity index (χ2v) is 1.34. The third-order valence-electron chi connectivity index (χ3n) is 0.678. The van der Waals surface area contributed by atoms with Crippen LogP contribution in [0.15, 0.2) is 0 Å². The van der Waals surface area contributed by atoms with Gasteiger partial charge in [0.05, 0.1) is 6.54 Å². The summed E-state index contributed by atoms with van der Waals surface area (Å²) >= 11 is 0. The fourth-order valence-electron chi connectivity index (χ4n) is 0.175. The van der Waals surface area contributed by atoms with E-state index in [-0.39, 0.29) is 6.54 Å². The van der Waals surface area contributed by atoms with Crippen LogP contribution in [0.2, 0.25) is 0 Å². The van der Waals surface area contributed by atoms with Crippen LogP contribution < -0.4 is 5.73 Å². The number of hydrogen-bond donors (Lipinski definition) is 1. The van der Waals surface area contributed by atoms with Crippen molar-refractivity contribution in [1.82, 2.24) is 4.90 Å². The third-order valence-corrected chi connectivity index (χ3v) is 0.678. The molecule has 0 saturated heterocycles. The van der Waals surface area contributed by atoms with Crippen LogP contribution >= 0.6 is 0 Å². The van der Waals surface area contributed by atoms with Crippen molar-refractivity contribution in [2.45, 2.75) is 0 Å². The Kier molecular flexibility index (Phi) is 2.61. The molecule has 0 aliphatic carbocycles. The van der Waals surface area contributed by atoms with Gasteiger partial charge in [0, 0.05) is 7.05 Å². The topological polar surface area (TPSA) is 63.4 Å². The number of likely N-dealkylation sites (N-methyl/N-ethyl adjacent to an activating group) is 1. The Morgan fingerprint density at radius 2 is 2.38 bits per heavy atom. The zero-order valence-corrected chi connectivity index (χ0v) is 4.55. The van der Waals surface area contributed by atoms with Crippen molar-refractivity contribution in [3.8, 4) is 0 Å². The first-order valence-corrected chi connectivity index (χ1v) is 2.04. The smallest absolute Gasteiger partial charge is 0.314 e. The van der Waals surface area contributed by atoms with Gasteiger partial charge in [-0.25, -0.2) is 4.79 Å². The second-order valence-electron chi connectivity index (χ2n) is 1.34. The monoisotopic (exact) mass is 115 g/mol. The van der Waals surface area contributed by atoms with Gasteiger partial charge in [-0.2, -0.15) is 0 Å². The van der Waals surface area contributed by atoms with E-state index >= 15 is 0 Å². The number of carbonyl (C=O) groups excluding carboxylic acids is 2. The number of hydrogen-bond acceptors (Lipinski definition) is 2. The number of rotatable bonds is 2. The highest BCUT2D eigenvalue weighted by Crippen LogP contribution is 1.74. The maximum atomic E-state index is 10.1. The van der Waals surface area contributed by atoms with E-state index in [9.17, 15) is 9.59 Å². The van der Waals surface area contributed by atoms with Crippen LogP contribution in [0, 0.1) is 0 Å². The maximum absolute atomic E-state index is 10.1. The minimum absolute atomic E-state index is 0.0602. The largest absolute Gasteiger partial charge is 0.351 e. The van der Waals surface area contributed by atoms with Crippen LogP contribution in [-0.2, 0) is 4.79 Å². The van der Waals surface area contributed by atoms with E-state index in [0.717, 1.165) is 4.90 Å². The van der Waals surface area contributed by atoms with Crippen LogP contribution in [0.1, 0.15) is 0 Å². The lowest BCUT2D eigenvalue weighted by Crippen LogP contribution is -2.33. The van der Waals surface area contributed by atoms with Crippen molar-refractivity contribution in [2.75, 3.05) is 13.6 Å². The fourth-order valence-corrected chi connectivity index (χ4v) is 0.175. The average molecular weight is 115 g/mol. The van der Waals surface area contributed by atoms with E-state index in [2.05, 4.69) is 0 Å². The lowest BCUT2D eigenvalue weighted by atomic mass is 10.6. The van der Waals surface area contributed by atoms with E-state index < -0.39 is 6.03 Å². The minimum atomic E-state index is -0.617. The quantitative estimate of drug-likeness (QED) is 0.507. The van der Waals surface area contributed by atoms with E-state index in [0.29, 0.717) is 0 Å². The molecule has 0 bridgehead atoms. The molecule has 0 heterocycles. The molecule has 0 atom stereocenters. The molecule has 0 fully saturated rings. The molecule has 45 valence electrons. The highest BCUT2D eigenvalue weighted by molar-refractivity contribution is 5.74. The standard InChI is InChI=1S/C4H7N2O2/c1-6(2-3-7)4(5)8/h2H2,1H3,(H2,5,8). The zero-order chi connectivity index (χ0) is 6.57. The Morgan fingerprint density at radius 1 is 1.88 bits per heavy atom. The molecule has 0 spiro atoms. The van der Waals surface area contributed by atoms with Crippen molar-refractivity contribution < 1.29 is 9.59 Å². The van der Waals surface area contributed by atoms with Crippen molar-refractivity contribution in [2.24, 2.45) is 5.73 Å². The van der Waals surface area contributed by atoms with E-state index in [4.69, 9.17) is 5.73 Å². The number of urea groups is 1. The number of nitrogens with zero attached hydrogens (tertiary/aromatic N) is 1.